The Morgan fingerprint density at radius 1 is 0.253 bits per heavy atom. The van der Waals surface area contributed by atoms with E-state index in [4.69, 9.17) is 8.83 Å². The van der Waals surface area contributed by atoms with Gasteiger partial charge in [0.15, 0.2) is 11.8 Å². The first kappa shape index (κ1) is 78.0. The first-order valence-corrected chi connectivity index (χ1v) is 31.2. The molecule has 10 aromatic heterocycles. The average molecular weight is 1230 g/mol. The summed E-state index contributed by atoms with van der Waals surface area (Å²) in [5, 5.41) is 10.8. The fraction of sp³-hybridized carbons (Fsp3) is 0.544. The van der Waals surface area contributed by atoms with E-state index in [1.807, 2.05) is 169 Å². The molecule has 0 saturated carbocycles. The van der Waals surface area contributed by atoms with Gasteiger partial charge in [0, 0.05) is 106 Å². The maximum absolute atomic E-state index is 5.10. The highest BCUT2D eigenvalue weighted by Crippen LogP contribution is 2.19. The van der Waals surface area contributed by atoms with E-state index in [9.17, 15) is 0 Å². The lowest BCUT2D eigenvalue weighted by Gasteiger charge is -1.98. The molecule has 0 radical (unpaired) electrons. The van der Waals surface area contributed by atoms with Crippen molar-refractivity contribution in [3.05, 3.63) is 174 Å². The molecule has 0 bridgehead atoms. The molecule has 10 rings (SSSR count). The van der Waals surface area contributed by atoms with E-state index in [1.165, 1.54) is 93.3 Å². The maximum Gasteiger partial charge on any atom is 0.191 e. The van der Waals surface area contributed by atoms with Gasteiger partial charge in [0.1, 0.15) is 29.0 Å². The first-order chi connectivity index (χ1) is 40.0. The van der Waals surface area contributed by atoms with Crippen molar-refractivity contribution in [1.82, 2.24) is 72.7 Å². The molecule has 0 aromatic carbocycles. The van der Waals surface area contributed by atoms with E-state index >= 15 is 0 Å². The number of rotatable bonds is 0. The third kappa shape index (κ3) is 23.6. The lowest BCUT2D eigenvalue weighted by atomic mass is 10.2. The maximum atomic E-state index is 5.10. The highest BCUT2D eigenvalue weighted by Gasteiger charge is 2.08. The molecule has 17 nitrogen and oxygen atoms in total. The molecular weight excluding hydrogens is 1120 g/mol. The highest BCUT2D eigenvalue weighted by molar-refractivity contribution is 7.11. The highest BCUT2D eigenvalue weighted by atomic mass is 32.1. The standard InChI is InChI=1S/C9H15N.5C7H12N2.2C6H9NO.2C6H9NS/c1-6-7(2)9(4)10(5)8(6)3;3*1-5-6(2)9(4)7(3)8-5;2*1-5-6(2)8-9(4)7(5)3;4*1-4-5(2)8-6(3)7-4/h1-5H3;5*1-4H3;4*1-3H3. The molecule has 19 heteroatoms. The van der Waals surface area contributed by atoms with Crippen LogP contribution in [-0.2, 0) is 42.3 Å². The molecule has 0 amide bonds. The zero-order chi connectivity index (χ0) is 67.6. The molecule has 10 aromatic rings. The fourth-order valence-corrected chi connectivity index (χ4v) is 9.88. The van der Waals surface area contributed by atoms with Crippen LogP contribution in [0.1, 0.15) is 174 Å². The molecule has 0 saturated heterocycles. The fourth-order valence-electron chi connectivity index (χ4n) is 8.24. The van der Waals surface area contributed by atoms with Gasteiger partial charge in [-0.25, -0.2) is 34.9 Å². The second-order valence-corrected chi connectivity index (χ2v) is 25.3. The van der Waals surface area contributed by atoms with Gasteiger partial charge in [0.25, 0.3) is 0 Å². The second-order valence-electron chi connectivity index (χ2n) is 22.5. The Morgan fingerprint density at radius 3 is 0.575 bits per heavy atom. The van der Waals surface area contributed by atoms with Gasteiger partial charge in [-0.2, -0.15) is 10.2 Å². The molecule has 0 aliphatic carbocycles. The minimum absolute atomic E-state index is 0.750. The number of nitrogens with zero attached hydrogens (tertiary/aromatic N) is 15. The Balaban J connectivity index is 0.000000484. The van der Waals surface area contributed by atoms with E-state index in [2.05, 4.69) is 160 Å². The third-order valence-electron chi connectivity index (χ3n) is 16.5. The van der Waals surface area contributed by atoms with Crippen molar-refractivity contribution in [2.24, 2.45) is 42.3 Å². The Morgan fingerprint density at radius 2 is 0.517 bits per heavy atom. The lowest BCUT2D eigenvalue weighted by Crippen LogP contribution is -1.92. The smallest absolute Gasteiger partial charge is 0.191 e. The van der Waals surface area contributed by atoms with Gasteiger partial charge in [-0.05, 0) is 223 Å². The summed E-state index contributed by atoms with van der Waals surface area (Å²) in [6.07, 6.45) is 0. The van der Waals surface area contributed by atoms with E-state index < -0.39 is 0 Å². The summed E-state index contributed by atoms with van der Waals surface area (Å²) in [4.78, 5) is 32.0. The van der Waals surface area contributed by atoms with Crippen molar-refractivity contribution in [2.75, 3.05) is 0 Å². The normalized spacial score (nSPS) is 10.1. The van der Waals surface area contributed by atoms with Gasteiger partial charge >= 0.3 is 0 Å². The zero-order valence-corrected chi connectivity index (χ0v) is 62.5. The lowest BCUT2D eigenvalue weighted by molar-refractivity contribution is 0.493. The summed E-state index contributed by atoms with van der Waals surface area (Å²) < 4.78 is 22.5. The number of aryl methyl sites for hydroxylation is 22. The molecule has 482 valence electrons. The largest absolute Gasteiger partial charge is 0.446 e. The minimum atomic E-state index is 0.750. The Labute approximate surface area is 532 Å². The van der Waals surface area contributed by atoms with E-state index in [0.717, 1.165) is 80.6 Å². The van der Waals surface area contributed by atoms with Crippen LogP contribution in [0.15, 0.2) is 8.83 Å². The molecule has 0 spiro atoms. The van der Waals surface area contributed by atoms with Crippen LogP contribution in [0.5, 0.6) is 0 Å². The number of hydrogen-bond acceptors (Lipinski definition) is 13. The SMILES string of the molecule is Cc1c(C)c(C)n(C)c1C.Cc1nc(C)c(C)o1.Cc1nc(C)c(C)o1.Cc1nc(C)c(C)s1.Cc1nc(C)c(C)s1.Cc1nc(C)n(C)c1C.Cc1nc(C)n(C)c1C.Cc1nc(C)n(C)c1C.Cc1nn(C)c(C)c1C.Cc1nn(C)c(C)c1C. The van der Waals surface area contributed by atoms with Crippen LogP contribution in [0, 0.1) is 215 Å². The summed E-state index contributed by atoms with van der Waals surface area (Å²) in [5.41, 5.74) is 24.5. The number of aromatic nitrogens is 15. The zero-order valence-electron chi connectivity index (χ0n) is 60.8. The van der Waals surface area contributed by atoms with Gasteiger partial charge in [-0.3, -0.25) is 9.36 Å². The van der Waals surface area contributed by atoms with Gasteiger partial charge in [0.05, 0.1) is 61.3 Å². The molecular formula is C68H111N15O2S2. The number of hydrogen-bond donors (Lipinski definition) is 0. The second kappa shape index (κ2) is 35.1. The van der Waals surface area contributed by atoms with Crippen LogP contribution in [0.3, 0.4) is 0 Å². The van der Waals surface area contributed by atoms with Crippen LogP contribution in [0.4, 0.5) is 0 Å². The van der Waals surface area contributed by atoms with Crippen molar-refractivity contribution in [2.45, 2.75) is 215 Å². The van der Waals surface area contributed by atoms with Gasteiger partial charge in [-0.15, -0.1) is 22.7 Å². The number of imidazole rings is 3. The van der Waals surface area contributed by atoms with Crippen molar-refractivity contribution < 1.29 is 8.83 Å². The summed E-state index contributed by atoms with van der Waals surface area (Å²) in [6, 6.07) is 0. The Kier molecular flexibility index (Phi) is 31.5. The molecule has 0 aliphatic heterocycles. The quantitative estimate of drug-likeness (QED) is 0.141. The van der Waals surface area contributed by atoms with Gasteiger partial charge in [-0.1, -0.05) is 0 Å². The van der Waals surface area contributed by atoms with Crippen LogP contribution in [0.25, 0.3) is 0 Å². The van der Waals surface area contributed by atoms with Crippen molar-refractivity contribution in [3.8, 4) is 0 Å². The van der Waals surface area contributed by atoms with Gasteiger partial charge in [0.2, 0.25) is 0 Å². The molecule has 0 aliphatic rings. The molecule has 10 heterocycles. The monoisotopic (exact) mass is 1230 g/mol. The van der Waals surface area contributed by atoms with Crippen molar-refractivity contribution >= 4 is 22.7 Å². The third-order valence-corrected chi connectivity index (χ3v) is 18.4. The first-order valence-electron chi connectivity index (χ1n) is 29.5. The molecule has 0 N–H and O–H groups in total. The summed E-state index contributed by atoms with van der Waals surface area (Å²) in [7, 11) is 12.1. The van der Waals surface area contributed by atoms with Crippen molar-refractivity contribution in [1.29, 1.82) is 0 Å². The predicted octanol–water partition coefficient (Wildman–Crippen LogP) is 16.3. The molecule has 0 unspecified atom stereocenters. The van der Waals surface area contributed by atoms with Crippen LogP contribution in [-0.4, -0.2) is 72.7 Å². The summed E-state index contributed by atoms with van der Waals surface area (Å²) in [6.45, 7) is 63.2. The molecule has 0 fully saturated rings. The van der Waals surface area contributed by atoms with E-state index in [-0.39, 0.29) is 0 Å². The minimum Gasteiger partial charge on any atom is -0.446 e. The van der Waals surface area contributed by atoms with E-state index in [0.29, 0.717) is 0 Å². The Bertz CT molecular complexity index is 3010. The number of thiazole rings is 2. The topological polar surface area (TPSA) is 172 Å². The van der Waals surface area contributed by atoms with Crippen LogP contribution in [0.2, 0.25) is 0 Å². The van der Waals surface area contributed by atoms with Gasteiger partial charge < -0.3 is 27.1 Å². The van der Waals surface area contributed by atoms with Crippen molar-refractivity contribution in [3.63, 3.8) is 0 Å². The van der Waals surface area contributed by atoms with E-state index in [1.54, 1.807) is 22.7 Å². The van der Waals surface area contributed by atoms with Crippen LogP contribution >= 0.6 is 22.7 Å². The van der Waals surface area contributed by atoms with Crippen LogP contribution < -0.4 is 0 Å². The predicted molar refractivity (Wildman–Crippen MR) is 366 cm³/mol. The molecule has 0 atom stereocenters. The Hall–Kier alpha value is -6.99. The summed E-state index contributed by atoms with van der Waals surface area (Å²) in [5.74, 6) is 6.60. The summed E-state index contributed by atoms with van der Waals surface area (Å²) >= 11 is 3.52. The number of oxazole rings is 2. The average Bonchev–Trinajstić information content (AvgIpc) is 3.39. The molecule has 87 heavy (non-hydrogen) atoms.